The number of rotatable bonds is 3. The highest BCUT2D eigenvalue weighted by atomic mass is 16.5. The molecule has 4 nitrogen and oxygen atoms in total. The van der Waals surface area contributed by atoms with Crippen LogP contribution in [0.5, 0.6) is 0 Å². The zero-order valence-corrected chi connectivity index (χ0v) is 8.40. The van der Waals surface area contributed by atoms with Crippen molar-refractivity contribution in [1.82, 2.24) is 14.6 Å². The van der Waals surface area contributed by atoms with E-state index in [1.165, 1.54) is 5.56 Å². The van der Waals surface area contributed by atoms with Gasteiger partial charge in [-0.15, -0.1) is 10.2 Å². The molecule has 0 bridgehead atoms. The Hall–Kier alpha value is -1.42. The maximum Gasteiger partial charge on any atom is 0.160 e. The van der Waals surface area contributed by atoms with Crippen LogP contribution in [0.15, 0.2) is 18.3 Å². The first-order chi connectivity index (χ1) is 6.81. The van der Waals surface area contributed by atoms with Crippen LogP contribution < -0.4 is 0 Å². The minimum Gasteiger partial charge on any atom is -0.384 e. The van der Waals surface area contributed by atoms with Gasteiger partial charge in [0.15, 0.2) is 5.65 Å². The molecule has 0 amide bonds. The van der Waals surface area contributed by atoms with Crippen LogP contribution in [0.4, 0.5) is 0 Å². The van der Waals surface area contributed by atoms with Gasteiger partial charge in [0.05, 0.1) is 6.61 Å². The third-order valence-corrected chi connectivity index (χ3v) is 2.15. The Morgan fingerprint density at radius 3 is 3.00 bits per heavy atom. The van der Waals surface area contributed by atoms with Crippen molar-refractivity contribution < 1.29 is 4.74 Å². The lowest BCUT2D eigenvalue weighted by atomic mass is 10.3. The van der Waals surface area contributed by atoms with Gasteiger partial charge in [0.2, 0.25) is 0 Å². The predicted octanol–water partition coefficient (Wildman–Crippen LogP) is 1.23. The molecule has 0 saturated heterocycles. The third-order valence-electron chi connectivity index (χ3n) is 2.15. The molecule has 2 heterocycles. The van der Waals surface area contributed by atoms with Gasteiger partial charge in [0, 0.05) is 19.7 Å². The molecule has 0 N–H and O–H groups in total. The fourth-order valence-electron chi connectivity index (χ4n) is 1.41. The quantitative estimate of drug-likeness (QED) is 0.732. The fourth-order valence-corrected chi connectivity index (χ4v) is 1.41. The average molecular weight is 191 g/mol. The van der Waals surface area contributed by atoms with Crippen LogP contribution in [0.2, 0.25) is 0 Å². The molecule has 4 heteroatoms. The summed E-state index contributed by atoms with van der Waals surface area (Å²) in [5.74, 6) is 0.950. The lowest BCUT2D eigenvalue weighted by molar-refractivity contribution is 0.200. The molecule has 74 valence electrons. The molecule has 0 saturated carbocycles. The minimum absolute atomic E-state index is 0.675. The topological polar surface area (TPSA) is 39.4 Å². The molecule has 0 atom stereocenters. The van der Waals surface area contributed by atoms with E-state index in [-0.39, 0.29) is 0 Å². The summed E-state index contributed by atoms with van der Waals surface area (Å²) < 4.78 is 7.02. The Morgan fingerprint density at radius 2 is 2.21 bits per heavy atom. The van der Waals surface area contributed by atoms with Crippen LogP contribution in [0.25, 0.3) is 5.65 Å². The number of nitrogens with zero attached hydrogens (tertiary/aromatic N) is 3. The van der Waals surface area contributed by atoms with Crippen LogP contribution in [0, 0.1) is 6.92 Å². The molecule has 0 aliphatic carbocycles. The summed E-state index contributed by atoms with van der Waals surface area (Å²) in [6.07, 6.45) is 2.83. The Balaban J connectivity index is 2.40. The second-order valence-corrected chi connectivity index (χ2v) is 3.29. The van der Waals surface area contributed by atoms with Crippen molar-refractivity contribution in [2.75, 3.05) is 13.7 Å². The van der Waals surface area contributed by atoms with Gasteiger partial charge in [-0.05, 0) is 18.6 Å². The van der Waals surface area contributed by atoms with Crippen molar-refractivity contribution in [1.29, 1.82) is 0 Å². The summed E-state index contributed by atoms with van der Waals surface area (Å²) >= 11 is 0. The van der Waals surface area contributed by atoms with Crippen molar-refractivity contribution in [3.8, 4) is 0 Å². The molecular weight excluding hydrogens is 178 g/mol. The fraction of sp³-hybridized carbons (Fsp3) is 0.400. The first-order valence-corrected chi connectivity index (χ1v) is 4.60. The van der Waals surface area contributed by atoms with Crippen molar-refractivity contribution in [3.63, 3.8) is 0 Å². The van der Waals surface area contributed by atoms with E-state index in [1.54, 1.807) is 7.11 Å². The van der Waals surface area contributed by atoms with Gasteiger partial charge in [0.25, 0.3) is 0 Å². The zero-order valence-electron chi connectivity index (χ0n) is 8.40. The Bertz CT molecular complexity index is 436. The van der Waals surface area contributed by atoms with Crippen LogP contribution in [-0.2, 0) is 11.2 Å². The molecule has 0 aliphatic heterocycles. The van der Waals surface area contributed by atoms with Crippen molar-refractivity contribution in [3.05, 3.63) is 29.7 Å². The lowest BCUT2D eigenvalue weighted by Gasteiger charge is -1.99. The van der Waals surface area contributed by atoms with E-state index >= 15 is 0 Å². The van der Waals surface area contributed by atoms with Gasteiger partial charge in [0.1, 0.15) is 5.82 Å². The van der Waals surface area contributed by atoms with E-state index in [2.05, 4.69) is 17.1 Å². The largest absolute Gasteiger partial charge is 0.384 e. The molecule has 0 fully saturated rings. The van der Waals surface area contributed by atoms with E-state index < -0.39 is 0 Å². The highest BCUT2D eigenvalue weighted by Crippen LogP contribution is 2.06. The molecule has 0 radical (unpaired) electrons. The molecular formula is C10H13N3O. The van der Waals surface area contributed by atoms with E-state index in [4.69, 9.17) is 4.74 Å². The van der Waals surface area contributed by atoms with Gasteiger partial charge < -0.3 is 4.74 Å². The summed E-state index contributed by atoms with van der Waals surface area (Å²) in [6, 6.07) is 4.00. The molecule has 2 aromatic rings. The van der Waals surface area contributed by atoms with E-state index in [0.29, 0.717) is 6.61 Å². The van der Waals surface area contributed by atoms with Crippen LogP contribution in [-0.4, -0.2) is 28.3 Å². The minimum atomic E-state index is 0.675. The third kappa shape index (κ3) is 1.61. The van der Waals surface area contributed by atoms with Crippen LogP contribution in [0.3, 0.4) is 0 Å². The highest BCUT2D eigenvalue weighted by molar-refractivity contribution is 5.39. The summed E-state index contributed by atoms with van der Waals surface area (Å²) in [6.45, 7) is 2.73. The summed E-state index contributed by atoms with van der Waals surface area (Å²) in [5.41, 5.74) is 2.10. The first kappa shape index (κ1) is 9.15. The van der Waals surface area contributed by atoms with Crippen molar-refractivity contribution in [2.24, 2.45) is 0 Å². The standard InChI is InChI=1S/C10H13N3O/c1-8-3-4-9-11-12-10(5-6-14-2)13(9)7-8/h3-4,7H,5-6H2,1-2H3. The lowest BCUT2D eigenvalue weighted by Crippen LogP contribution is -2.00. The number of methoxy groups -OCH3 is 1. The monoisotopic (exact) mass is 191 g/mol. The molecule has 0 unspecified atom stereocenters. The molecule has 2 aromatic heterocycles. The van der Waals surface area contributed by atoms with Gasteiger partial charge in [-0.25, -0.2) is 0 Å². The Kier molecular flexibility index (Phi) is 2.45. The highest BCUT2D eigenvalue weighted by Gasteiger charge is 2.03. The van der Waals surface area contributed by atoms with E-state index in [0.717, 1.165) is 17.9 Å². The van der Waals surface area contributed by atoms with Gasteiger partial charge in [-0.1, -0.05) is 6.07 Å². The molecule has 14 heavy (non-hydrogen) atoms. The molecule has 0 aliphatic rings. The first-order valence-electron chi connectivity index (χ1n) is 4.60. The molecule has 0 spiro atoms. The Morgan fingerprint density at radius 1 is 1.36 bits per heavy atom. The van der Waals surface area contributed by atoms with E-state index in [9.17, 15) is 0 Å². The van der Waals surface area contributed by atoms with E-state index in [1.807, 2.05) is 22.7 Å². The normalized spacial score (nSPS) is 11.0. The number of aryl methyl sites for hydroxylation is 1. The van der Waals surface area contributed by atoms with Crippen molar-refractivity contribution >= 4 is 5.65 Å². The molecule has 2 rings (SSSR count). The average Bonchev–Trinajstić information content (AvgIpc) is 2.57. The number of hydrogen-bond donors (Lipinski definition) is 0. The maximum absolute atomic E-state index is 5.01. The number of ether oxygens (including phenoxy) is 1. The maximum atomic E-state index is 5.01. The second-order valence-electron chi connectivity index (χ2n) is 3.29. The summed E-state index contributed by atoms with van der Waals surface area (Å²) in [4.78, 5) is 0. The number of hydrogen-bond acceptors (Lipinski definition) is 3. The molecule has 0 aromatic carbocycles. The SMILES string of the molecule is COCCc1nnc2ccc(C)cn12. The van der Waals surface area contributed by atoms with Crippen molar-refractivity contribution in [2.45, 2.75) is 13.3 Å². The smallest absolute Gasteiger partial charge is 0.160 e. The summed E-state index contributed by atoms with van der Waals surface area (Å²) in [5, 5.41) is 8.18. The number of fused-ring (bicyclic) bond motifs is 1. The van der Waals surface area contributed by atoms with Gasteiger partial charge in [-0.3, -0.25) is 4.40 Å². The van der Waals surface area contributed by atoms with Gasteiger partial charge >= 0.3 is 0 Å². The van der Waals surface area contributed by atoms with Gasteiger partial charge in [-0.2, -0.15) is 0 Å². The number of aromatic nitrogens is 3. The second kappa shape index (κ2) is 3.75. The Labute approximate surface area is 82.5 Å². The zero-order chi connectivity index (χ0) is 9.97. The van der Waals surface area contributed by atoms with Crippen LogP contribution >= 0.6 is 0 Å². The van der Waals surface area contributed by atoms with Crippen LogP contribution in [0.1, 0.15) is 11.4 Å². The summed E-state index contributed by atoms with van der Waals surface area (Å²) in [7, 11) is 1.69. The number of pyridine rings is 1. The predicted molar refractivity (Wildman–Crippen MR) is 53.3 cm³/mol.